The van der Waals surface area contributed by atoms with E-state index in [-0.39, 0.29) is 5.12 Å². The van der Waals surface area contributed by atoms with Crippen molar-refractivity contribution in [1.29, 1.82) is 0 Å². The Hall–Kier alpha value is -0.570. The van der Waals surface area contributed by atoms with E-state index in [1.54, 1.807) is 0 Å². The molecule has 0 heterocycles. The van der Waals surface area contributed by atoms with E-state index in [9.17, 15) is 9.59 Å². The van der Waals surface area contributed by atoms with Gasteiger partial charge in [-0.1, -0.05) is 30.8 Å². The molecule has 74 valence electrons. The summed E-state index contributed by atoms with van der Waals surface area (Å²) in [6, 6.07) is 0. The Morgan fingerprint density at radius 3 is 2.54 bits per heavy atom. The molecule has 2 nitrogen and oxygen atoms in total. The highest BCUT2D eigenvalue weighted by Gasteiger charge is 2.22. The fourth-order valence-electron chi connectivity index (χ4n) is 0.795. The molecule has 0 aromatic carbocycles. The van der Waals surface area contributed by atoms with E-state index >= 15 is 0 Å². The standard InChI is InChI=1S/C10H16O2S/c1-4-5-6-10(3,7-11)8-13-9(2)12/h4-5,7H,6,8H2,1-3H3/b5-4+. The van der Waals surface area contributed by atoms with Gasteiger partial charge in [-0.2, -0.15) is 0 Å². The molecule has 0 aromatic rings. The molecule has 0 rings (SSSR count). The van der Waals surface area contributed by atoms with Gasteiger partial charge in [-0.3, -0.25) is 4.79 Å². The highest BCUT2D eigenvalue weighted by atomic mass is 32.2. The van der Waals surface area contributed by atoms with Crippen LogP contribution in [0.4, 0.5) is 0 Å². The van der Waals surface area contributed by atoms with E-state index in [4.69, 9.17) is 0 Å². The van der Waals surface area contributed by atoms with Gasteiger partial charge in [-0.15, -0.1) is 0 Å². The lowest BCUT2D eigenvalue weighted by Gasteiger charge is -2.19. The Labute approximate surface area is 83.8 Å². The largest absolute Gasteiger partial charge is 0.303 e. The van der Waals surface area contributed by atoms with Gasteiger partial charge in [0.15, 0.2) is 5.12 Å². The fourth-order valence-corrected chi connectivity index (χ4v) is 1.51. The van der Waals surface area contributed by atoms with Crippen molar-refractivity contribution < 1.29 is 9.59 Å². The van der Waals surface area contributed by atoms with E-state index in [1.165, 1.54) is 18.7 Å². The fraction of sp³-hybridized carbons (Fsp3) is 0.600. The molecule has 0 amide bonds. The average Bonchev–Trinajstić information content (AvgIpc) is 2.11. The molecular formula is C10H16O2S. The smallest absolute Gasteiger partial charge is 0.185 e. The molecule has 0 aliphatic heterocycles. The van der Waals surface area contributed by atoms with Crippen LogP contribution in [0.15, 0.2) is 12.2 Å². The summed E-state index contributed by atoms with van der Waals surface area (Å²) in [4.78, 5) is 21.5. The monoisotopic (exact) mass is 200 g/mol. The molecule has 0 spiro atoms. The number of allylic oxidation sites excluding steroid dienone is 2. The quantitative estimate of drug-likeness (QED) is 0.505. The third-order valence-electron chi connectivity index (χ3n) is 1.71. The number of rotatable bonds is 5. The van der Waals surface area contributed by atoms with Crippen LogP contribution in [0, 0.1) is 5.41 Å². The Morgan fingerprint density at radius 1 is 1.54 bits per heavy atom. The minimum absolute atomic E-state index is 0.0635. The van der Waals surface area contributed by atoms with Gasteiger partial charge in [-0.05, 0) is 13.3 Å². The van der Waals surface area contributed by atoms with Crippen molar-refractivity contribution >= 4 is 23.2 Å². The molecule has 1 unspecified atom stereocenters. The summed E-state index contributed by atoms with van der Waals surface area (Å²) < 4.78 is 0. The summed E-state index contributed by atoms with van der Waals surface area (Å²) in [5.41, 5.74) is -0.400. The molecule has 0 saturated heterocycles. The van der Waals surface area contributed by atoms with Gasteiger partial charge in [0, 0.05) is 18.1 Å². The number of carbonyl (C=O) groups is 2. The number of hydrogen-bond acceptors (Lipinski definition) is 3. The highest BCUT2D eigenvalue weighted by Crippen LogP contribution is 2.24. The molecule has 0 saturated carbocycles. The maximum absolute atomic E-state index is 10.8. The minimum atomic E-state index is -0.400. The molecular weight excluding hydrogens is 184 g/mol. The van der Waals surface area contributed by atoms with Gasteiger partial charge in [-0.25, -0.2) is 0 Å². The first-order chi connectivity index (χ1) is 6.04. The second-order valence-corrected chi connectivity index (χ2v) is 4.48. The Kier molecular flexibility index (Phi) is 5.71. The maximum Gasteiger partial charge on any atom is 0.185 e. The highest BCUT2D eigenvalue weighted by molar-refractivity contribution is 8.13. The molecule has 13 heavy (non-hydrogen) atoms. The van der Waals surface area contributed by atoms with Crippen LogP contribution in [-0.2, 0) is 9.59 Å². The van der Waals surface area contributed by atoms with Crippen molar-refractivity contribution in [3.63, 3.8) is 0 Å². The molecule has 0 N–H and O–H groups in total. The summed E-state index contributed by atoms with van der Waals surface area (Å²) in [7, 11) is 0. The van der Waals surface area contributed by atoms with Crippen molar-refractivity contribution in [3.8, 4) is 0 Å². The summed E-state index contributed by atoms with van der Waals surface area (Å²) in [6.45, 7) is 5.31. The zero-order chi connectivity index (χ0) is 10.3. The first-order valence-electron chi connectivity index (χ1n) is 4.25. The zero-order valence-corrected chi connectivity index (χ0v) is 9.19. The number of aldehydes is 1. The van der Waals surface area contributed by atoms with Crippen LogP contribution in [0.25, 0.3) is 0 Å². The lowest BCUT2D eigenvalue weighted by atomic mass is 9.91. The lowest BCUT2D eigenvalue weighted by molar-refractivity contribution is -0.114. The summed E-state index contributed by atoms with van der Waals surface area (Å²) in [5.74, 6) is 0.566. The molecule has 1 atom stereocenters. The van der Waals surface area contributed by atoms with Crippen LogP contribution in [0.5, 0.6) is 0 Å². The first-order valence-corrected chi connectivity index (χ1v) is 5.23. The summed E-state index contributed by atoms with van der Waals surface area (Å²) in [5, 5.41) is 0.0635. The summed E-state index contributed by atoms with van der Waals surface area (Å²) in [6.07, 6.45) is 5.51. The maximum atomic E-state index is 10.8. The van der Waals surface area contributed by atoms with Gasteiger partial charge < -0.3 is 4.79 Å². The van der Waals surface area contributed by atoms with Gasteiger partial charge in [0.25, 0.3) is 0 Å². The van der Waals surface area contributed by atoms with Crippen LogP contribution < -0.4 is 0 Å². The second kappa shape index (κ2) is 5.97. The SMILES string of the molecule is C/C=C/CC(C)(C=O)CSC(C)=O. The van der Waals surface area contributed by atoms with E-state index in [1.807, 2.05) is 26.0 Å². The number of carbonyl (C=O) groups excluding carboxylic acids is 2. The van der Waals surface area contributed by atoms with Crippen LogP contribution in [-0.4, -0.2) is 17.2 Å². The van der Waals surface area contributed by atoms with Crippen LogP contribution >= 0.6 is 11.8 Å². The molecule has 0 aliphatic carbocycles. The topological polar surface area (TPSA) is 34.1 Å². The van der Waals surface area contributed by atoms with E-state index in [0.717, 1.165) is 6.29 Å². The van der Waals surface area contributed by atoms with Crippen LogP contribution in [0.1, 0.15) is 27.2 Å². The van der Waals surface area contributed by atoms with Gasteiger partial charge in [0.1, 0.15) is 6.29 Å². The molecule has 3 heteroatoms. The summed E-state index contributed by atoms with van der Waals surface area (Å²) >= 11 is 1.21. The Bertz CT molecular complexity index is 211. The Morgan fingerprint density at radius 2 is 2.15 bits per heavy atom. The van der Waals surface area contributed by atoms with Gasteiger partial charge in [0.05, 0.1) is 0 Å². The molecule has 0 bridgehead atoms. The molecule has 0 radical (unpaired) electrons. The zero-order valence-electron chi connectivity index (χ0n) is 8.37. The molecule has 0 fully saturated rings. The average molecular weight is 200 g/mol. The third-order valence-corrected chi connectivity index (χ3v) is 2.92. The van der Waals surface area contributed by atoms with E-state index in [0.29, 0.717) is 12.2 Å². The van der Waals surface area contributed by atoms with Crippen molar-refractivity contribution in [2.45, 2.75) is 27.2 Å². The van der Waals surface area contributed by atoms with Crippen molar-refractivity contribution in [2.24, 2.45) is 5.41 Å². The lowest BCUT2D eigenvalue weighted by Crippen LogP contribution is -2.21. The van der Waals surface area contributed by atoms with E-state index < -0.39 is 5.41 Å². The number of hydrogen-bond donors (Lipinski definition) is 0. The number of thioether (sulfide) groups is 1. The predicted molar refractivity (Wildman–Crippen MR) is 56.7 cm³/mol. The van der Waals surface area contributed by atoms with Crippen molar-refractivity contribution in [3.05, 3.63) is 12.2 Å². The normalized spacial score (nSPS) is 15.6. The van der Waals surface area contributed by atoms with Crippen molar-refractivity contribution in [2.75, 3.05) is 5.75 Å². The third kappa shape index (κ3) is 5.64. The molecule has 0 aromatic heterocycles. The molecule has 0 aliphatic rings. The minimum Gasteiger partial charge on any atom is -0.303 e. The Balaban J connectivity index is 4.10. The predicted octanol–water partition coefficient (Wildman–Crippen LogP) is 2.44. The van der Waals surface area contributed by atoms with E-state index in [2.05, 4.69) is 0 Å². The van der Waals surface area contributed by atoms with Crippen molar-refractivity contribution in [1.82, 2.24) is 0 Å². The van der Waals surface area contributed by atoms with Gasteiger partial charge in [0.2, 0.25) is 0 Å². The van der Waals surface area contributed by atoms with Crippen LogP contribution in [0.2, 0.25) is 0 Å². The van der Waals surface area contributed by atoms with Gasteiger partial charge >= 0.3 is 0 Å². The van der Waals surface area contributed by atoms with Crippen LogP contribution in [0.3, 0.4) is 0 Å². The first kappa shape index (κ1) is 12.4. The second-order valence-electron chi connectivity index (χ2n) is 3.33.